The summed E-state index contributed by atoms with van der Waals surface area (Å²) in [5.74, 6) is 1.49. The molecular formula is C12H20N4. The summed E-state index contributed by atoms with van der Waals surface area (Å²) in [5, 5.41) is 0. The van der Waals surface area contributed by atoms with Crippen LogP contribution in [0.15, 0.2) is 12.3 Å². The smallest absolute Gasteiger partial charge is 0.225 e. The van der Waals surface area contributed by atoms with E-state index in [0.717, 1.165) is 18.2 Å². The Morgan fingerprint density at radius 3 is 3.06 bits per heavy atom. The standard InChI is InChI=1S/C12H20N4/c1-9(2)11-4-3-7-16(11)12-14-6-5-10(8-13)15-12/h5-6,9,11H,3-4,7-8,13H2,1-2H3. The first-order chi connectivity index (χ1) is 7.72. The van der Waals surface area contributed by atoms with E-state index in [0.29, 0.717) is 18.5 Å². The average molecular weight is 220 g/mol. The fraction of sp³-hybridized carbons (Fsp3) is 0.667. The third-order valence-corrected chi connectivity index (χ3v) is 3.24. The molecule has 1 aromatic heterocycles. The predicted molar refractivity (Wildman–Crippen MR) is 65.1 cm³/mol. The highest BCUT2D eigenvalue weighted by atomic mass is 15.3. The van der Waals surface area contributed by atoms with E-state index in [4.69, 9.17) is 5.73 Å². The maximum absolute atomic E-state index is 5.60. The quantitative estimate of drug-likeness (QED) is 0.840. The molecule has 0 radical (unpaired) electrons. The zero-order valence-corrected chi connectivity index (χ0v) is 10.1. The first-order valence-electron chi connectivity index (χ1n) is 6.01. The van der Waals surface area contributed by atoms with Crippen LogP contribution in [0.1, 0.15) is 32.4 Å². The SMILES string of the molecule is CC(C)C1CCCN1c1nccc(CN)n1. The van der Waals surface area contributed by atoms with Crippen LogP contribution in [0.4, 0.5) is 5.95 Å². The van der Waals surface area contributed by atoms with Crippen molar-refractivity contribution in [3.63, 3.8) is 0 Å². The van der Waals surface area contributed by atoms with Crippen LogP contribution in [0.3, 0.4) is 0 Å². The van der Waals surface area contributed by atoms with Crippen LogP contribution in [0.25, 0.3) is 0 Å². The average Bonchev–Trinajstić information content (AvgIpc) is 2.78. The van der Waals surface area contributed by atoms with Gasteiger partial charge < -0.3 is 10.6 Å². The van der Waals surface area contributed by atoms with E-state index in [2.05, 4.69) is 28.7 Å². The Morgan fingerprint density at radius 2 is 2.38 bits per heavy atom. The van der Waals surface area contributed by atoms with Gasteiger partial charge in [0, 0.05) is 25.3 Å². The molecule has 2 heterocycles. The van der Waals surface area contributed by atoms with E-state index in [1.54, 1.807) is 6.20 Å². The van der Waals surface area contributed by atoms with Gasteiger partial charge in [0.1, 0.15) is 0 Å². The molecule has 16 heavy (non-hydrogen) atoms. The fourth-order valence-electron chi connectivity index (χ4n) is 2.37. The van der Waals surface area contributed by atoms with Crippen molar-refractivity contribution in [3.8, 4) is 0 Å². The summed E-state index contributed by atoms with van der Waals surface area (Å²) < 4.78 is 0. The molecule has 1 aromatic rings. The van der Waals surface area contributed by atoms with Crippen molar-refractivity contribution in [1.29, 1.82) is 0 Å². The minimum Gasteiger partial charge on any atom is -0.338 e. The number of aromatic nitrogens is 2. The Hall–Kier alpha value is -1.16. The lowest BCUT2D eigenvalue weighted by molar-refractivity contribution is 0.486. The summed E-state index contributed by atoms with van der Waals surface area (Å²) in [7, 11) is 0. The third kappa shape index (κ3) is 2.16. The van der Waals surface area contributed by atoms with Gasteiger partial charge in [-0.15, -0.1) is 0 Å². The van der Waals surface area contributed by atoms with Crippen molar-refractivity contribution < 1.29 is 0 Å². The van der Waals surface area contributed by atoms with Crippen LogP contribution in [-0.4, -0.2) is 22.6 Å². The highest BCUT2D eigenvalue weighted by molar-refractivity contribution is 5.34. The van der Waals surface area contributed by atoms with Crippen molar-refractivity contribution in [3.05, 3.63) is 18.0 Å². The van der Waals surface area contributed by atoms with Crippen molar-refractivity contribution in [1.82, 2.24) is 9.97 Å². The molecule has 0 amide bonds. The van der Waals surface area contributed by atoms with E-state index < -0.39 is 0 Å². The molecule has 4 nitrogen and oxygen atoms in total. The molecule has 2 N–H and O–H groups in total. The summed E-state index contributed by atoms with van der Waals surface area (Å²) in [6.45, 7) is 6.07. The van der Waals surface area contributed by atoms with Gasteiger partial charge in [0.25, 0.3) is 0 Å². The molecule has 0 saturated carbocycles. The fourth-order valence-corrected chi connectivity index (χ4v) is 2.37. The van der Waals surface area contributed by atoms with Gasteiger partial charge in [0.2, 0.25) is 5.95 Å². The van der Waals surface area contributed by atoms with E-state index >= 15 is 0 Å². The lowest BCUT2D eigenvalue weighted by atomic mass is 10.0. The van der Waals surface area contributed by atoms with Gasteiger partial charge in [-0.2, -0.15) is 0 Å². The summed E-state index contributed by atoms with van der Waals surface area (Å²) in [6.07, 6.45) is 4.28. The molecule has 1 aliphatic rings. The van der Waals surface area contributed by atoms with Gasteiger partial charge in [-0.3, -0.25) is 0 Å². The predicted octanol–water partition coefficient (Wildman–Crippen LogP) is 1.56. The molecule has 4 heteroatoms. The lowest BCUT2D eigenvalue weighted by Crippen LogP contribution is -2.34. The Balaban J connectivity index is 2.22. The summed E-state index contributed by atoms with van der Waals surface area (Å²) in [6, 6.07) is 2.46. The molecule has 2 rings (SSSR count). The van der Waals surface area contributed by atoms with Gasteiger partial charge in [-0.1, -0.05) is 13.8 Å². The number of rotatable bonds is 3. The normalized spacial score (nSPS) is 20.8. The van der Waals surface area contributed by atoms with E-state index in [9.17, 15) is 0 Å². The molecule has 1 saturated heterocycles. The van der Waals surface area contributed by atoms with Crippen LogP contribution < -0.4 is 10.6 Å². The van der Waals surface area contributed by atoms with Crippen LogP contribution in [-0.2, 0) is 6.54 Å². The van der Waals surface area contributed by atoms with Crippen molar-refractivity contribution in [2.75, 3.05) is 11.4 Å². The monoisotopic (exact) mass is 220 g/mol. The molecule has 0 bridgehead atoms. The van der Waals surface area contributed by atoms with Crippen molar-refractivity contribution in [2.45, 2.75) is 39.3 Å². The maximum atomic E-state index is 5.60. The second-order valence-electron chi connectivity index (χ2n) is 4.70. The van der Waals surface area contributed by atoms with E-state index in [-0.39, 0.29) is 0 Å². The summed E-state index contributed by atoms with van der Waals surface area (Å²) in [4.78, 5) is 11.2. The largest absolute Gasteiger partial charge is 0.338 e. The number of hydrogen-bond acceptors (Lipinski definition) is 4. The number of nitrogens with zero attached hydrogens (tertiary/aromatic N) is 3. The van der Waals surface area contributed by atoms with Crippen molar-refractivity contribution in [2.24, 2.45) is 11.7 Å². The van der Waals surface area contributed by atoms with E-state index in [1.807, 2.05) is 6.07 Å². The Bertz CT molecular complexity index is 351. The van der Waals surface area contributed by atoms with Gasteiger partial charge in [0.15, 0.2) is 0 Å². The molecule has 1 fully saturated rings. The van der Waals surface area contributed by atoms with Crippen LogP contribution in [0.5, 0.6) is 0 Å². The number of hydrogen-bond donors (Lipinski definition) is 1. The molecule has 1 aliphatic heterocycles. The Labute approximate surface area is 96.9 Å². The van der Waals surface area contributed by atoms with E-state index in [1.165, 1.54) is 12.8 Å². The molecule has 88 valence electrons. The Morgan fingerprint density at radius 1 is 1.56 bits per heavy atom. The zero-order valence-electron chi connectivity index (χ0n) is 10.1. The van der Waals surface area contributed by atoms with Crippen LogP contribution in [0.2, 0.25) is 0 Å². The Kier molecular flexibility index (Phi) is 3.39. The van der Waals surface area contributed by atoms with Gasteiger partial charge in [-0.25, -0.2) is 9.97 Å². The molecule has 0 aliphatic carbocycles. The van der Waals surface area contributed by atoms with Gasteiger partial charge in [-0.05, 0) is 24.8 Å². The summed E-state index contributed by atoms with van der Waals surface area (Å²) in [5.41, 5.74) is 6.52. The topological polar surface area (TPSA) is 55.0 Å². The molecule has 1 unspecified atom stereocenters. The second kappa shape index (κ2) is 4.78. The van der Waals surface area contributed by atoms with Gasteiger partial charge >= 0.3 is 0 Å². The first kappa shape index (κ1) is 11.3. The minimum absolute atomic E-state index is 0.482. The van der Waals surface area contributed by atoms with Crippen molar-refractivity contribution >= 4 is 5.95 Å². The molecular weight excluding hydrogens is 200 g/mol. The van der Waals surface area contributed by atoms with Gasteiger partial charge in [0.05, 0.1) is 5.69 Å². The highest BCUT2D eigenvalue weighted by Gasteiger charge is 2.28. The lowest BCUT2D eigenvalue weighted by Gasteiger charge is -2.27. The second-order valence-corrected chi connectivity index (χ2v) is 4.70. The van der Waals surface area contributed by atoms with Crippen LogP contribution >= 0.6 is 0 Å². The molecule has 0 spiro atoms. The highest BCUT2D eigenvalue weighted by Crippen LogP contribution is 2.27. The minimum atomic E-state index is 0.482. The molecule has 1 atom stereocenters. The molecule has 0 aromatic carbocycles. The third-order valence-electron chi connectivity index (χ3n) is 3.24. The number of anilines is 1. The zero-order chi connectivity index (χ0) is 11.5. The summed E-state index contributed by atoms with van der Waals surface area (Å²) >= 11 is 0. The first-order valence-corrected chi connectivity index (χ1v) is 6.01. The number of nitrogens with two attached hydrogens (primary N) is 1. The van der Waals surface area contributed by atoms with Crippen LogP contribution in [0, 0.1) is 5.92 Å². The maximum Gasteiger partial charge on any atom is 0.225 e.